The molecule has 1 unspecified atom stereocenters. The molecule has 4 heterocycles. The van der Waals surface area contributed by atoms with Gasteiger partial charge in [-0.15, -0.1) is 0 Å². The van der Waals surface area contributed by atoms with Gasteiger partial charge in [-0.1, -0.05) is 42.5 Å². The van der Waals surface area contributed by atoms with Gasteiger partial charge in [0, 0.05) is 6.42 Å². The normalized spacial score (nSPS) is 38.9. The van der Waals surface area contributed by atoms with Crippen molar-refractivity contribution in [1.29, 1.82) is 0 Å². The highest BCUT2D eigenvalue weighted by Crippen LogP contribution is 2.45. The van der Waals surface area contributed by atoms with Crippen LogP contribution in [-0.2, 0) is 32.5 Å². The van der Waals surface area contributed by atoms with Crippen LogP contribution in [0.3, 0.4) is 0 Å². The molecule has 254 valence electrons. The second-order valence-electron chi connectivity index (χ2n) is 16.6. The van der Waals surface area contributed by atoms with E-state index in [4.69, 9.17) is 32.5 Å². The van der Waals surface area contributed by atoms with Crippen molar-refractivity contribution in [3.63, 3.8) is 0 Å². The molecule has 0 radical (unpaired) electrons. The van der Waals surface area contributed by atoms with Crippen LogP contribution in [0.5, 0.6) is 0 Å². The molecule has 5 rings (SSSR count). The summed E-state index contributed by atoms with van der Waals surface area (Å²) in [6.45, 7) is 22.8. The van der Waals surface area contributed by atoms with E-state index in [1.165, 1.54) is 5.56 Å². The summed E-state index contributed by atoms with van der Waals surface area (Å²) in [5, 5.41) is 0. The summed E-state index contributed by atoms with van der Waals surface area (Å²) in [5.74, 6) is -0.523. The van der Waals surface area contributed by atoms with Crippen LogP contribution < -0.4 is 0 Å². The summed E-state index contributed by atoms with van der Waals surface area (Å²) < 4.78 is 46.6. The summed E-state index contributed by atoms with van der Waals surface area (Å²) in [7, 11) is -3.72. The average Bonchev–Trinajstić information content (AvgIpc) is 3.62. The van der Waals surface area contributed by atoms with E-state index >= 15 is 0 Å². The number of fused-ring (bicyclic) bond motifs is 1. The minimum Gasteiger partial charge on any atom is -0.410 e. The average molecular weight is 661 g/mol. The van der Waals surface area contributed by atoms with Gasteiger partial charge in [-0.2, -0.15) is 0 Å². The lowest BCUT2D eigenvalue weighted by Gasteiger charge is -2.42. The van der Waals surface area contributed by atoms with Crippen LogP contribution in [0.4, 0.5) is 0 Å². The van der Waals surface area contributed by atoms with Gasteiger partial charge in [-0.3, -0.25) is 0 Å². The Hall–Kier alpha value is -0.886. The quantitative estimate of drug-likeness (QED) is 0.176. The highest BCUT2D eigenvalue weighted by molar-refractivity contribution is 6.70. The zero-order chi connectivity index (χ0) is 32.7. The van der Waals surface area contributed by atoms with Gasteiger partial charge >= 0.3 is 0 Å². The standard InChI is InChI=1S/C36H60O7Si2/c1-34(2)37-25-27(41-34)17-19-32-35(3,42-44(5,6)7)22-20-30-29(39-32)21-23-36(4,43-45(8,9)10)33(40-30)24-31-28(38-31)18-16-26-14-12-11-13-15-26/h11-16,18,27-33H,17,19-25H2,1-10H3/b18-16-/t27?,28-,29+,30-,31-,32-,33+,35+,36-/m1/s1. The van der Waals surface area contributed by atoms with E-state index in [9.17, 15) is 0 Å². The maximum atomic E-state index is 7.18. The molecule has 0 N–H and O–H groups in total. The second kappa shape index (κ2) is 13.6. The molecule has 45 heavy (non-hydrogen) atoms. The van der Waals surface area contributed by atoms with Crippen LogP contribution in [-0.4, -0.2) is 83.0 Å². The zero-order valence-corrected chi connectivity index (χ0v) is 31.6. The third-order valence-electron chi connectivity index (χ3n) is 9.55. The van der Waals surface area contributed by atoms with Crippen molar-refractivity contribution in [2.45, 2.75) is 172 Å². The maximum Gasteiger partial charge on any atom is 0.184 e. The van der Waals surface area contributed by atoms with Crippen molar-refractivity contribution >= 4 is 22.7 Å². The van der Waals surface area contributed by atoms with Crippen molar-refractivity contribution in [3.8, 4) is 0 Å². The highest BCUT2D eigenvalue weighted by Gasteiger charge is 2.52. The van der Waals surface area contributed by atoms with Crippen LogP contribution in [0.1, 0.15) is 78.2 Å². The van der Waals surface area contributed by atoms with Gasteiger partial charge < -0.3 is 32.5 Å². The van der Waals surface area contributed by atoms with Crippen LogP contribution >= 0.6 is 0 Å². The lowest BCUT2D eigenvalue weighted by Crippen LogP contribution is -2.50. The van der Waals surface area contributed by atoms with Gasteiger partial charge in [0.2, 0.25) is 0 Å². The molecule has 4 saturated heterocycles. The predicted molar refractivity (Wildman–Crippen MR) is 184 cm³/mol. The van der Waals surface area contributed by atoms with Crippen LogP contribution in [0, 0.1) is 0 Å². The van der Waals surface area contributed by atoms with E-state index in [0.29, 0.717) is 6.61 Å². The minimum atomic E-state index is -1.87. The number of hydrogen-bond acceptors (Lipinski definition) is 7. The third-order valence-corrected chi connectivity index (χ3v) is 11.7. The molecule has 0 aromatic heterocycles. The Morgan fingerprint density at radius 1 is 0.778 bits per heavy atom. The predicted octanol–water partition coefficient (Wildman–Crippen LogP) is 8.10. The van der Waals surface area contributed by atoms with E-state index in [1.54, 1.807) is 0 Å². The first-order valence-corrected chi connectivity index (χ1v) is 24.2. The Morgan fingerprint density at radius 2 is 1.36 bits per heavy atom. The molecule has 0 saturated carbocycles. The first-order valence-electron chi connectivity index (χ1n) is 17.3. The fourth-order valence-electron chi connectivity index (χ4n) is 7.62. The van der Waals surface area contributed by atoms with Crippen molar-refractivity contribution in [3.05, 3.63) is 42.0 Å². The Labute approximate surface area is 274 Å². The Morgan fingerprint density at radius 3 is 1.91 bits per heavy atom. The Bertz CT molecular complexity index is 1150. The number of rotatable bonds is 11. The first kappa shape index (κ1) is 35.4. The molecule has 0 spiro atoms. The van der Waals surface area contributed by atoms with Crippen molar-refractivity contribution in [1.82, 2.24) is 0 Å². The lowest BCUT2D eigenvalue weighted by atomic mass is 9.89. The van der Waals surface area contributed by atoms with E-state index < -0.39 is 28.0 Å². The topological polar surface area (TPSA) is 67.9 Å². The summed E-state index contributed by atoms with van der Waals surface area (Å²) in [6, 6.07) is 10.4. The smallest absolute Gasteiger partial charge is 0.184 e. The van der Waals surface area contributed by atoms with Gasteiger partial charge in [0.05, 0.1) is 54.4 Å². The van der Waals surface area contributed by atoms with Crippen LogP contribution in [0.25, 0.3) is 6.08 Å². The van der Waals surface area contributed by atoms with Crippen molar-refractivity contribution in [2.75, 3.05) is 6.61 Å². The fraction of sp³-hybridized carbons (Fsp3) is 0.778. The molecular formula is C36H60O7Si2. The zero-order valence-electron chi connectivity index (χ0n) is 29.6. The molecule has 0 bridgehead atoms. The van der Waals surface area contributed by atoms with E-state index in [2.05, 4.69) is 89.5 Å². The number of hydrogen-bond donors (Lipinski definition) is 0. The summed E-state index contributed by atoms with van der Waals surface area (Å²) >= 11 is 0. The first-order chi connectivity index (χ1) is 20.9. The minimum absolute atomic E-state index is 0.0114. The maximum absolute atomic E-state index is 7.18. The Kier molecular flexibility index (Phi) is 10.7. The summed E-state index contributed by atoms with van der Waals surface area (Å²) in [6.07, 6.45) is 10.7. The molecule has 4 aliphatic rings. The fourth-order valence-corrected chi connectivity index (χ4v) is 10.9. The van der Waals surface area contributed by atoms with E-state index in [1.807, 2.05) is 19.9 Å². The van der Waals surface area contributed by atoms with E-state index in [0.717, 1.165) is 44.9 Å². The SMILES string of the molecule is CC1(C)OCC(CC[C@H]2O[C@H]3CC[C@@](C)(O[Si](C)(C)C)[C@H](C[C@H]4O[C@@H]4/C=C\c4ccccc4)O[C@@H]3CC[C@]2(C)O[Si](C)(C)C)O1. The molecule has 1 aromatic rings. The molecule has 0 aliphatic carbocycles. The van der Waals surface area contributed by atoms with Crippen molar-refractivity contribution < 1.29 is 32.5 Å². The van der Waals surface area contributed by atoms with Crippen molar-refractivity contribution in [2.24, 2.45) is 0 Å². The van der Waals surface area contributed by atoms with Gasteiger partial charge in [-0.25, -0.2) is 0 Å². The largest absolute Gasteiger partial charge is 0.410 e. The number of ether oxygens (including phenoxy) is 5. The third kappa shape index (κ3) is 9.83. The summed E-state index contributed by atoms with van der Waals surface area (Å²) in [5.41, 5.74) is 0.417. The summed E-state index contributed by atoms with van der Waals surface area (Å²) in [4.78, 5) is 0. The molecule has 1 aromatic carbocycles. The Balaban J connectivity index is 1.32. The molecule has 4 aliphatic heterocycles. The molecule has 9 heteroatoms. The molecule has 4 fully saturated rings. The second-order valence-corrected chi connectivity index (χ2v) is 25.5. The molecular weight excluding hydrogens is 601 g/mol. The highest BCUT2D eigenvalue weighted by atomic mass is 28.4. The van der Waals surface area contributed by atoms with E-state index in [-0.39, 0.29) is 48.3 Å². The van der Waals surface area contributed by atoms with Gasteiger partial charge in [0.15, 0.2) is 22.4 Å². The monoisotopic (exact) mass is 660 g/mol. The van der Waals surface area contributed by atoms with Gasteiger partial charge in [0.1, 0.15) is 6.10 Å². The number of benzene rings is 1. The van der Waals surface area contributed by atoms with Crippen LogP contribution in [0.15, 0.2) is 36.4 Å². The lowest BCUT2D eigenvalue weighted by molar-refractivity contribution is -0.156. The molecule has 9 atom stereocenters. The number of epoxide rings is 1. The molecule has 0 amide bonds. The van der Waals surface area contributed by atoms with Gasteiger partial charge in [0.25, 0.3) is 0 Å². The van der Waals surface area contributed by atoms with Gasteiger partial charge in [-0.05, 0) is 111 Å². The van der Waals surface area contributed by atoms with Crippen LogP contribution in [0.2, 0.25) is 39.3 Å². The molecule has 7 nitrogen and oxygen atoms in total.